The predicted octanol–water partition coefficient (Wildman–Crippen LogP) is 4.70. The number of hydrogen-bond acceptors (Lipinski definition) is 4. The summed E-state index contributed by atoms with van der Waals surface area (Å²) in [6, 6.07) is 25.2. The molecular weight excluding hydrogens is 366 g/mol. The van der Waals surface area contributed by atoms with Gasteiger partial charge in [0.05, 0.1) is 12.2 Å². The highest BCUT2D eigenvalue weighted by molar-refractivity contribution is 5.94. The van der Waals surface area contributed by atoms with E-state index in [9.17, 15) is 9.59 Å². The normalized spacial score (nSPS) is 11.3. The molecule has 0 spiro atoms. The molecule has 0 aliphatic carbocycles. The zero-order chi connectivity index (χ0) is 20.5. The van der Waals surface area contributed by atoms with Gasteiger partial charge in [0.1, 0.15) is 11.5 Å². The Morgan fingerprint density at radius 2 is 1.45 bits per heavy atom. The standard InChI is InChI=1S/C24H23NO4/c1-18(17-28-24(27)19-9-4-2-5-10-19)16-25-23(26)20-11-8-14-22(15-20)29-21-12-6-3-7-13-21/h2-15,18H,16-17H2,1H3,(H,25,26). The molecule has 29 heavy (non-hydrogen) atoms. The van der Waals surface area contributed by atoms with Crippen molar-refractivity contribution in [1.29, 1.82) is 0 Å². The SMILES string of the molecule is CC(CNC(=O)c1cccc(Oc2ccccc2)c1)COC(=O)c1ccccc1. The van der Waals surface area contributed by atoms with Crippen molar-refractivity contribution in [3.05, 3.63) is 96.1 Å². The van der Waals surface area contributed by atoms with E-state index in [0.717, 1.165) is 0 Å². The maximum absolute atomic E-state index is 12.4. The molecule has 3 rings (SSSR count). The van der Waals surface area contributed by atoms with Gasteiger partial charge in [-0.2, -0.15) is 0 Å². The van der Waals surface area contributed by atoms with Gasteiger partial charge in [0.25, 0.3) is 5.91 Å². The lowest BCUT2D eigenvalue weighted by molar-refractivity contribution is 0.0449. The second kappa shape index (κ2) is 10.1. The largest absolute Gasteiger partial charge is 0.462 e. The monoisotopic (exact) mass is 389 g/mol. The number of carbonyl (C=O) groups is 2. The second-order valence-corrected chi connectivity index (χ2v) is 6.72. The summed E-state index contributed by atoms with van der Waals surface area (Å²) in [5.41, 5.74) is 1.02. The molecule has 5 heteroatoms. The van der Waals surface area contributed by atoms with Gasteiger partial charge in [-0.25, -0.2) is 4.79 Å². The van der Waals surface area contributed by atoms with E-state index in [1.165, 1.54) is 0 Å². The Bertz CT molecular complexity index is 941. The summed E-state index contributed by atoms with van der Waals surface area (Å²) in [4.78, 5) is 24.4. The number of nitrogens with one attached hydrogen (secondary N) is 1. The van der Waals surface area contributed by atoms with Gasteiger partial charge in [-0.3, -0.25) is 4.79 Å². The number of ether oxygens (including phenoxy) is 2. The maximum atomic E-state index is 12.4. The summed E-state index contributed by atoms with van der Waals surface area (Å²) in [6.45, 7) is 2.53. The molecule has 0 saturated carbocycles. The highest BCUT2D eigenvalue weighted by atomic mass is 16.5. The van der Waals surface area contributed by atoms with Crippen LogP contribution in [0.4, 0.5) is 0 Å². The highest BCUT2D eigenvalue weighted by Crippen LogP contribution is 2.21. The first-order valence-electron chi connectivity index (χ1n) is 9.45. The smallest absolute Gasteiger partial charge is 0.338 e. The lowest BCUT2D eigenvalue weighted by Crippen LogP contribution is -2.30. The third-order valence-corrected chi connectivity index (χ3v) is 4.19. The summed E-state index contributed by atoms with van der Waals surface area (Å²) in [6.07, 6.45) is 0. The van der Waals surface area contributed by atoms with Crippen LogP contribution in [-0.2, 0) is 4.74 Å². The van der Waals surface area contributed by atoms with E-state index in [4.69, 9.17) is 9.47 Å². The Morgan fingerprint density at radius 1 is 0.828 bits per heavy atom. The maximum Gasteiger partial charge on any atom is 0.338 e. The van der Waals surface area contributed by atoms with Crippen LogP contribution in [-0.4, -0.2) is 25.0 Å². The highest BCUT2D eigenvalue weighted by Gasteiger charge is 2.12. The van der Waals surface area contributed by atoms with Crippen LogP contribution in [0.1, 0.15) is 27.6 Å². The molecule has 0 fully saturated rings. The van der Waals surface area contributed by atoms with Crippen molar-refractivity contribution in [1.82, 2.24) is 5.32 Å². The molecule has 0 saturated heterocycles. The Kier molecular flexibility index (Phi) is 7.00. The molecule has 1 amide bonds. The molecule has 1 N–H and O–H groups in total. The molecule has 1 unspecified atom stereocenters. The predicted molar refractivity (Wildman–Crippen MR) is 111 cm³/mol. The minimum atomic E-state index is -0.366. The van der Waals surface area contributed by atoms with E-state index in [2.05, 4.69) is 5.32 Å². The van der Waals surface area contributed by atoms with Crippen LogP contribution >= 0.6 is 0 Å². The van der Waals surface area contributed by atoms with Crippen LogP contribution in [0.5, 0.6) is 11.5 Å². The van der Waals surface area contributed by atoms with Gasteiger partial charge in [-0.1, -0.05) is 49.4 Å². The third-order valence-electron chi connectivity index (χ3n) is 4.19. The summed E-state index contributed by atoms with van der Waals surface area (Å²) >= 11 is 0. The van der Waals surface area contributed by atoms with Crippen molar-refractivity contribution >= 4 is 11.9 Å². The molecule has 0 aliphatic heterocycles. The van der Waals surface area contributed by atoms with Gasteiger partial charge >= 0.3 is 5.97 Å². The number of para-hydroxylation sites is 1. The number of rotatable bonds is 8. The van der Waals surface area contributed by atoms with Crippen LogP contribution < -0.4 is 10.1 Å². The van der Waals surface area contributed by atoms with Crippen molar-refractivity contribution in [2.75, 3.05) is 13.2 Å². The van der Waals surface area contributed by atoms with E-state index in [-0.39, 0.29) is 24.4 Å². The van der Waals surface area contributed by atoms with Crippen molar-refractivity contribution in [2.45, 2.75) is 6.92 Å². The number of esters is 1. The number of carbonyl (C=O) groups excluding carboxylic acids is 2. The molecular formula is C24H23NO4. The first-order valence-corrected chi connectivity index (χ1v) is 9.45. The van der Waals surface area contributed by atoms with Crippen LogP contribution in [0.3, 0.4) is 0 Å². The number of hydrogen-bond donors (Lipinski definition) is 1. The van der Waals surface area contributed by atoms with Crippen LogP contribution in [0.2, 0.25) is 0 Å². The average Bonchev–Trinajstić information content (AvgIpc) is 2.77. The zero-order valence-electron chi connectivity index (χ0n) is 16.2. The number of amides is 1. The fourth-order valence-electron chi connectivity index (χ4n) is 2.63. The molecule has 0 heterocycles. The minimum absolute atomic E-state index is 0.0182. The minimum Gasteiger partial charge on any atom is -0.462 e. The fourth-order valence-corrected chi connectivity index (χ4v) is 2.63. The number of benzene rings is 3. The molecule has 0 bridgehead atoms. The molecule has 3 aromatic rings. The third kappa shape index (κ3) is 6.21. The molecule has 3 aromatic carbocycles. The Morgan fingerprint density at radius 3 is 2.17 bits per heavy atom. The topological polar surface area (TPSA) is 64.6 Å². The van der Waals surface area contributed by atoms with Gasteiger partial charge < -0.3 is 14.8 Å². The van der Waals surface area contributed by atoms with Crippen LogP contribution in [0.25, 0.3) is 0 Å². The van der Waals surface area contributed by atoms with Gasteiger partial charge in [0.2, 0.25) is 0 Å². The summed E-state index contributed by atoms with van der Waals surface area (Å²) < 4.78 is 11.1. The molecule has 5 nitrogen and oxygen atoms in total. The van der Waals surface area contributed by atoms with E-state index in [1.807, 2.05) is 43.3 Å². The quantitative estimate of drug-likeness (QED) is 0.567. The first kappa shape index (κ1) is 20.1. The zero-order valence-corrected chi connectivity index (χ0v) is 16.2. The fraction of sp³-hybridized carbons (Fsp3) is 0.167. The van der Waals surface area contributed by atoms with E-state index < -0.39 is 0 Å². The van der Waals surface area contributed by atoms with E-state index in [0.29, 0.717) is 29.2 Å². The van der Waals surface area contributed by atoms with Gasteiger partial charge in [0, 0.05) is 18.0 Å². The average molecular weight is 389 g/mol. The lowest BCUT2D eigenvalue weighted by atomic mass is 10.1. The summed E-state index contributed by atoms with van der Waals surface area (Å²) in [5.74, 6) is 0.710. The van der Waals surface area contributed by atoms with Crippen molar-refractivity contribution in [2.24, 2.45) is 5.92 Å². The van der Waals surface area contributed by atoms with E-state index >= 15 is 0 Å². The molecule has 0 aromatic heterocycles. The van der Waals surface area contributed by atoms with Crippen molar-refractivity contribution < 1.29 is 19.1 Å². The van der Waals surface area contributed by atoms with Gasteiger partial charge in [-0.05, 0) is 42.5 Å². The van der Waals surface area contributed by atoms with Crippen LogP contribution in [0.15, 0.2) is 84.9 Å². The summed E-state index contributed by atoms with van der Waals surface area (Å²) in [5, 5.41) is 2.87. The van der Waals surface area contributed by atoms with Crippen LogP contribution in [0, 0.1) is 5.92 Å². The second-order valence-electron chi connectivity index (χ2n) is 6.72. The Labute approximate surface area is 170 Å². The Hall–Kier alpha value is -3.60. The Balaban J connectivity index is 1.47. The van der Waals surface area contributed by atoms with Gasteiger partial charge in [0.15, 0.2) is 0 Å². The van der Waals surface area contributed by atoms with Crippen molar-refractivity contribution in [3.63, 3.8) is 0 Å². The molecule has 148 valence electrons. The van der Waals surface area contributed by atoms with Gasteiger partial charge in [-0.15, -0.1) is 0 Å². The summed E-state index contributed by atoms with van der Waals surface area (Å²) in [7, 11) is 0. The lowest BCUT2D eigenvalue weighted by Gasteiger charge is -2.14. The molecule has 1 atom stereocenters. The molecule has 0 radical (unpaired) electrons. The van der Waals surface area contributed by atoms with E-state index in [1.54, 1.807) is 48.5 Å². The first-order chi connectivity index (χ1) is 14.1. The molecule has 0 aliphatic rings. The van der Waals surface area contributed by atoms with Crippen molar-refractivity contribution in [3.8, 4) is 11.5 Å².